The SMILES string of the molecule is CCCNCc1ccc(F)c(-c2cc(F)cc(F)c2)c1. The maximum Gasteiger partial charge on any atom is 0.131 e. The molecule has 0 aliphatic carbocycles. The van der Waals surface area contributed by atoms with E-state index in [4.69, 9.17) is 0 Å². The summed E-state index contributed by atoms with van der Waals surface area (Å²) in [5.41, 5.74) is 1.29. The van der Waals surface area contributed by atoms with Gasteiger partial charge in [0.25, 0.3) is 0 Å². The first kappa shape index (κ1) is 14.6. The number of halogens is 3. The fourth-order valence-electron chi connectivity index (χ4n) is 2.02. The van der Waals surface area contributed by atoms with Crippen LogP contribution in [0.1, 0.15) is 18.9 Å². The van der Waals surface area contributed by atoms with Gasteiger partial charge in [0.2, 0.25) is 0 Å². The topological polar surface area (TPSA) is 12.0 Å². The molecule has 4 heteroatoms. The van der Waals surface area contributed by atoms with Crippen molar-refractivity contribution in [3.8, 4) is 11.1 Å². The van der Waals surface area contributed by atoms with Crippen LogP contribution in [0.15, 0.2) is 36.4 Å². The van der Waals surface area contributed by atoms with Crippen LogP contribution in [0.5, 0.6) is 0 Å². The van der Waals surface area contributed by atoms with Gasteiger partial charge in [-0.2, -0.15) is 0 Å². The zero-order valence-corrected chi connectivity index (χ0v) is 11.2. The molecule has 0 aliphatic heterocycles. The molecule has 2 aromatic rings. The van der Waals surface area contributed by atoms with Crippen LogP contribution < -0.4 is 5.32 Å². The van der Waals surface area contributed by atoms with Gasteiger partial charge >= 0.3 is 0 Å². The fraction of sp³-hybridized carbons (Fsp3) is 0.250. The van der Waals surface area contributed by atoms with Crippen molar-refractivity contribution in [2.45, 2.75) is 19.9 Å². The molecule has 1 nitrogen and oxygen atoms in total. The molecule has 0 spiro atoms. The average molecular weight is 279 g/mol. The third kappa shape index (κ3) is 3.61. The molecule has 1 N–H and O–H groups in total. The van der Waals surface area contributed by atoms with Crippen LogP contribution in [-0.2, 0) is 6.54 Å². The Hall–Kier alpha value is -1.81. The Balaban J connectivity index is 2.32. The molecule has 0 saturated heterocycles. The summed E-state index contributed by atoms with van der Waals surface area (Å²) in [5.74, 6) is -1.92. The quantitative estimate of drug-likeness (QED) is 0.806. The zero-order valence-electron chi connectivity index (χ0n) is 11.2. The Bertz CT molecular complexity index is 576. The fourth-order valence-corrected chi connectivity index (χ4v) is 2.02. The second kappa shape index (κ2) is 6.57. The van der Waals surface area contributed by atoms with Gasteiger partial charge in [0.05, 0.1) is 0 Å². The molecule has 0 aromatic heterocycles. The van der Waals surface area contributed by atoms with Crippen LogP contribution in [0.2, 0.25) is 0 Å². The summed E-state index contributed by atoms with van der Waals surface area (Å²) in [4.78, 5) is 0. The normalized spacial score (nSPS) is 10.8. The molecule has 0 amide bonds. The van der Waals surface area contributed by atoms with Crippen molar-refractivity contribution in [1.82, 2.24) is 5.32 Å². The molecule has 106 valence electrons. The van der Waals surface area contributed by atoms with E-state index in [1.165, 1.54) is 6.07 Å². The predicted molar refractivity (Wildman–Crippen MR) is 73.7 cm³/mol. The minimum atomic E-state index is -0.714. The molecule has 2 aromatic carbocycles. The Morgan fingerprint density at radius 2 is 1.65 bits per heavy atom. The second-order valence-electron chi connectivity index (χ2n) is 4.65. The lowest BCUT2D eigenvalue weighted by Gasteiger charge is -2.08. The highest BCUT2D eigenvalue weighted by molar-refractivity contribution is 5.65. The van der Waals surface area contributed by atoms with E-state index in [9.17, 15) is 13.2 Å². The summed E-state index contributed by atoms with van der Waals surface area (Å²) in [6, 6.07) is 7.63. The predicted octanol–water partition coefficient (Wildman–Crippen LogP) is 4.27. The zero-order chi connectivity index (χ0) is 14.5. The van der Waals surface area contributed by atoms with Crippen molar-refractivity contribution in [3.05, 3.63) is 59.4 Å². The van der Waals surface area contributed by atoms with Crippen LogP contribution in [0.4, 0.5) is 13.2 Å². The average Bonchev–Trinajstić information content (AvgIpc) is 2.40. The smallest absolute Gasteiger partial charge is 0.131 e. The van der Waals surface area contributed by atoms with Gasteiger partial charge in [0.1, 0.15) is 17.5 Å². The molecule has 0 saturated carbocycles. The molecule has 2 rings (SSSR count). The lowest BCUT2D eigenvalue weighted by atomic mass is 10.0. The minimum absolute atomic E-state index is 0.206. The molecule has 0 aliphatic rings. The van der Waals surface area contributed by atoms with Crippen molar-refractivity contribution >= 4 is 0 Å². The third-order valence-corrected chi connectivity index (χ3v) is 2.96. The molecule has 0 atom stereocenters. The van der Waals surface area contributed by atoms with E-state index in [1.807, 2.05) is 0 Å². The van der Waals surface area contributed by atoms with Crippen LogP contribution in [0.3, 0.4) is 0 Å². The van der Waals surface area contributed by atoms with Crippen molar-refractivity contribution in [1.29, 1.82) is 0 Å². The Kier molecular flexibility index (Phi) is 4.79. The number of hydrogen-bond acceptors (Lipinski definition) is 1. The van der Waals surface area contributed by atoms with Gasteiger partial charge in [-0.1, -0.05) is 13.0 Å². The summed E-state index contributed by atoms with van der Waals surface area (Å²) in [5, 5.41) is 3.20. The highest BCUT2D eigenvalue weighted by Gasteiger charge is 2.09. The van der Waals surface area contributed by atoms with E-state index in [-0.39, 0.29) is 11.1 Å². The van der Waals surface area contributed by atoms with E-state index in [0.717, 1.165) is 36.7 Å². The second-order valence-corrected chi connectivity index (χ2v) is 4.65. The Morgan fingerprint density at radius 1 is 0.950 bits per heavy atom. The van der Waals surface area contributed by atoms with E-state index >= 15 is 0 Å². The van der Waals surface area contributed by atoms with Crippen LogP contribution in [0, 0.1) is 17.5 Å². The summed E-state index contributed by atoms with van der Waals surface area (Å²) in [6.07, 6.45) is 1.00. The molecule has 20 heavy (non-hydrogen) atoms. The first-order chi connectivity index (χ1) is 9.60. The monoisotopic (exact) mass is 279 g/mol. The van der Waals surface area contributed by atoms with Gasteiger partial charge in [-0.05, 0) is 48.4 Å². The minimum Gasteiger partial charge on any atom is -0.313 e. The van der Waals surface area contributed by atoms with Crippen molar-refractivity contribution in [2.75, 3.05) is 6.54 Å². The van der Waals surface area contributed by atoms with Crippen LogP contribution in [-0.4, -0.2) is 6.54 Å². The van der Waals surface area contributed by atoms with E-state index in [2.05, 4.69) is 12.2 Å². The molecule has 0 unspecified atom stereocenters. The highest BCUT2D eigenvalue weighted by Crippen LogP contribution is 2.25. The summed E-state index contributed by atoms with van der Waals surface area (Å²) in [7, 11) is 0. The van der Waals surface area contributed by atoms with Gasteiger partial charge in [-0.25, -0.2) is 13.2 Å². The summed E-state index contributed by atoms with van der Waals surface area (Å²) >= 11 is 0. The van der Waals surface area contributed by atoms with Gasteiger partial charge in [-0.3, -0.25) is 0 Å². The van der Waals surface area contributed by atoms with Crippen molar-refractivity contribution < 1.29 is 13.2 Å². The standard InChI is InChI=1S/C16H16F3N/c1-2-5-20-10-11-3-4-16(19)15(6-11)12-7-13(17)9-14(18)8-12/h3-4,6-9,20H,2,5,10H2,1H3. The summed E-state index contributed by atoms with van der Waals surface area (Å²) < 4.78 is 40.3. The lowest BCUT2D eigenvalue weighted by molar-refractivity contribution is 0.583. The van der Waals surface area contributed by atoms with Crippen LogP contribution in [0.25, 0.3) is 11.1 Å². The van der Waals surface area contributed by atoms with Crippen molar-refractivity contribution in [2.24, 2.45) is 0 Å². The van der Waals surface area contributed by atoms with Gasteiger partial charge < -0.3 is 5.32 Å². The maximum absolute atomic E-state index is 13.8. The number of benzene rings is 2. The molecule has 0 fully saturated rings. The molecular formula is C16H16F3N. The Labute approximate surface area is 116 Å². The van der Waals surface area contributed by atoms with Gasteiger partial charge in [0.15, 0.2) is 0 Å². The first-order valence-corrected chi connectivity index (χ1v) is 6.55. The van der Waals surface area contributed by atoms with E-state index in [1.54, 1.807) is 12.1 Å². The maximum atomic E-state index is 13.8. The molecule has 0 heterocycles. The van der Waals surface area contributed by atoms with Crippen LogP contribution >= 0.6 is 0 Å². The first-order valence-electron chi connectivity index (χ1n) is 6.55. The van der Waals surface area contributed by atoms with Crippen molar-refractivity contribution in [3.63, 3.8) is 0 Å². The van der Waals surface area contributed by atoms with E-state index < -0.39 is 17.5 Å². The van der Waals surface area contributed by atoms with E-state index in [0.29, 0.717) is 6.54 Å². The molecule has 0 radical (unpaired) electrons. The number of nitrogens with one attached hydrogen (secondary N) is 1. The molecule has 0 bridgehead atoms. The largest absolute Gasteiger partial charge is 0.313 e. The Morgan fingerprint density at radius 3 is 2.30 bits per heavy atom. The third-order valence-electron chi connectivity index (χ3n) is 2.96. The summed E-state index contributed by atoms with van der Waals surface area (Å²) in [6.45, 7) is 3.51. The van der Waals surface area contributed by atoms with Gasteiger partial charge in [0, 0.05) is 18.2 Å². The number of rotatable bonds is 5. The van der Waals surface area contributed by atoms with Gasteiger partial charge in [-0.15, -0.1) is 0 Å². The lowest BCUT2D eigenvalue weighted by Crippen LogP contribution is -2.13. The number of hydrogen-bond donors (Lipinski definition) is 1. The molecular weight excluding hydrogens is 263 g/mol. The highest BCUT2D eigenvalue weighted by atomic mass is 19.1.